The summed E-state index contributed by atoms with van der Waals surface area (Å²) in [6.45, 7) is 11.3. The maximum atomic E-state index is 13.1. The number of imide groups is 1. The van der Waals surface area contributed by atoms with E-state index in [-0.39, 0.29) is 49.0 Å². The molecule has 0 rings (SSSR count). The summed E-state index contributed by atoms with van der Waals surface area (Å²) in [6.07, 6.45) is 14.7. The van der Waals surface area contributed by atoms with Crippen molar-refractivity contribution in [3.63, 3.8) is 0 Å². The first kappa shape index (κ1) is 43.5. The largest absolute Gasteiger partial charge is 0.466 e. The van der Waals surface area contributed by atoms with Gasteiger partial charge in [0.1, 0.15) is 13.2 Å². The van der Waals surface area contributed by atoms with Crippen LogP contribution < -0.4 is 0 Å². The second-order valence-electron chi connectivity index (χ2n) is 11.6. The molecular formula is C36H59NO10. The molecule has 0 aromatic rings. The summed E-state index contributed by atoms with van der Waals surface area (Å²) in [5.74, 6) is -1.76. The summed E-state index contributed by atoms with van der Waals surface area (Å²) in [4.78, 5) is 73.3. The first-order valence-electron chi connectivity index (χ1n) is 17.4. The zero-order valence-corrected chi connectivity index (χ0v) is 29.0. The van der Waals surface area contributed by atoms with Crippen LogP contribution in [0.25, 0.3) is 0 Å². The van der Waals surface area contributed by atoms with Crippen molar-refractivity contribution in [2.24, 2.45) is 0 Å². The Hall–Kier alpha value is -3.50. The molecule has 0 saturated carbocycles. The minimum atomic E-state index is -0.521. The van der Waals surface area contributed by atoms with E-state index in [1.54, 1.807) is 13.8 Å². The quantitative estimate of drug-likeness (QED) is 0.0352. The minimum absolute atomic E-state index is 0.00213. The van der Waals surface area contributed by atoms with Crippen molar-refractivity contribution in [1.29, 1.82) is 0 Å². The van der Waals surface area contributed by atoms with Gasteiger partial charge in [0, 0.05) is 43.9 Å². The Balaban J connectivity index is 4.46. The molecule has 0 aliphatic heterocycles. The van der Waals surface area contributed by atoms with Gasteiger partial charge in [-0.25, -0.2) is 9.59 Å². The number of carbonyl (C=O) groups excluding carboxylic acids is 6. The molecule has 11 heteroatoms. The highest BCUT2D eigenvalue weighted by Gasteiger charge is 2.20. The molecule has 0 aromatic heterocycles. The fourth-order valence-electron chi connectivity index (χ4n) is 4.66. The summed E-state index contributed by atoms with van der Waals surface area (Å²) in [5.41, 5.74) is 0.284. The van der Waals surface area contributed by atoms with Gasteiger partial charge in [-0.05, 0) is 52.4 Å². The third-order valence-corrected chi connectivity index (χ3v) is 7.32. The van der Waals surface area contributed by atoms with Crippen molar-refractivity contribution < 1.29 is 47.7 Å². The van der Waals surface area contributed by atoms with Crippen molar-refractivity contribution in [3.05, 3.63) is 24.8 Å². The van der Waals surface area contributed by atoms with Gasteiger partial charge < -0.3 is 18.9 Å². The number of unbranched alkanes of at least 4 members (excludes halogenated alkanes) is 12. The van der Waals surface area contributed by atoms with Crippen LogP contribution in [-0.4, -0.2) is 73.6 Å². The highest BCUT2D eigenvalue weighted by atomic mass is 16.6. The molecule has 0 aliphatic rings. The molecule has 0 heterocycles. The Morgan fingerprint density at radius 3 is 1.51 bits per heavy atom. The lowest BCUT2D eigenvalue weighted by atomic mass is 10.1. The molecule has 2 amide bonds. The highest BCUT2D eigenvalue weighted by molar-refractivity contribution is 5.95. The lowest BCUT2D eigenvalue weighted by molar-refractivity contribution is -0.150. The topological polar surface area (TPSA) is 143 Å². The van der Waals surface area contributed by atoms with Gasteiger partial charge >= 0.3 is 23.9 Å². The van der Waals surface area contributed by atoms with Gasteiger partial charge in [-0.15, -0.1) is 0 Å². The van der Waals surface area contributed by atoms with Crippen molar-refractivity contribution in [2.45, 2.75) is 136 Å². The smallest absolute Gasteiger partial charge is 0.333 e. The van der Waals surface area contributed by atoms with Crippen molar-refractivity contribution in [1.82, 2.24) is 4.90 Å². The first-order valence-corrected chi connectivity index (χ1v) is 17.4. The van der Waals surface area contributed by atoms with Gasteiger partial charge in [0.2, 0.25) is 11.8 Å². The monoisotopic (exact) mass is 665 g/mol. The number of hydrogen-bond acceptors (Lipinski definition) is 10. The summed E-state index contributed by atoms with van der Waals surface area (Å²) in [6, 6.07) is 0. The maximum absolute atomic E-state index is 13.1. The van der Waals surface area contributed by atoms with Crippen LogP contribution in [0.2, 0.25) is 0 Å². The molecule has 268 valence electrons. The number of hydrogen-bond donors (Lipinski definition) is 0. The molecule has 0 unspecified atom stereocenters. The molecule has 0 atom stereocenters. The minimum Gasteiger partial charge on any atom is -0.466 e. The van der Waals surface area contributed by atoms with Crippen LogP contribution in [0, 0.1) is 0 Å². The Morgan fingerprint density at radius 2 is 1.00 bits per heavy atom. The van der Waals surface area contributed by atoms with E-state index in [0.717, 1.165) is 76.7 Å². The van der Waals surface area contributed by atoms with E-state index < -0.39 is 11.9 Å². The number of carbonyl (C=O) groups is 6. The van der Waals surface area contributed by atoms with E-state index in [1.807, 2.05) is 0 Å². The van der Waals surface area contributed by atoms with Gasteiger partial charge in [0.15, 0.2) is 0 Å². The number of esters is 4. The van der Waals surface area contributed by atoms with Gasteiger partial charge in [-0.1, -0.05) is 70.9 Å². The van der Waals surface area contributed by atoms with Crippen LogP contribution in [0.15, 0.2) is 24.8 Å². The zero-order valence-electron chi connectivity index (χ0n) is 29.0. The molecule has 11 nitrogen and oxygen atoms in total. The molecule has 0 radical (unpaired) electrons. The third kappa shape index (κ3) is 26.3. The Kier molecular flexibility index (Phi) is 27.6. The van der Waals surface area contributed by atoms with Crippen molar-refractivity contribution in [3.8, 4) is 0 Å². The molecule has 0 fully saturated rings. The summed E-state index contributed by atoms with van der Waals surface area (Å²) < 4.78 is 19.9. The van der Waals surface area contributed by atoms with Crippen LogP contribution in [0.5, 0.6) is 0 Å². The molecule has 0 spiro atoms. The predicted octanol–water partition coefficient (Wildman–Crippen LogP) is 6.71. The van der Waals surface area contributed by atoms with E-state index in [2.05, 4.69) is 13.2 Å². The van der Waals surface area contributed by atoms with Crippen LogP contribution in [0.1, 0.15) is 136 Å². The van der Waals surface area contributed by atoms with Gasteiger partial charge in [-0.3, -0.25) is 24.1 Å². The second-order valence-corrected chi connectivity index (χ2v) is 11.6. The molecule has 0 saturated heterocycles. The predicted molar refractivity (Wildman–Crippen MR) is 179 cm³/mol. The SMILES string of the molecule is C=CC(=O)OCCCCCCCCC(=O)N(CCCCCCC(=O)OCCOC(=O)C(=C)C)C(=O)CCCCCCCC(=O)OCC. The zero-order chi connectivity index (χ0) is 35.1. The molecule has 0 aliphatic carbocycles. The second kappa shape index (κ2) is 29.9. The Labute approximate surface area is 281 Å². The van der Waals surface area contributed by atoms with Crippen molar-refractivity contribution >= 4 is 35.7 Å². The normalized spacial score (nSPS) is 10.5. The summed E-state index contributed by atoms with van der Waals surface area (Å²) >= 11 is 0. The maximum Gasteiger partial charge on any atom is 0.333 e. The number of nitrogens with zero attached hydrogens (tertiary/aromatic N) is 1. The highest BCUT2D eigenvalue weighted by Crippen LogP contribution is 2.14. The fraction of sp³-hybridized carbons (Fsp3) is 0.722. The average molecular weight is 666 g/mol. The Bertz CT molecular complexity index is 961. The summed E-state index contributed by atoms with van der Waals surface area (Å²) in [7, 11) is 0. The van der Waals surface area contributed by atoms with E-state index in [0.29, 0.717) is 64.7 Å². The number of rotatable bonds is 30. The molecule has 0 N–H and O–H groups in total. The van der Waals surface area contributed by atoms with E-state index in [4.69, 9.17) is 18.9 Å². The van der Waals surface area contributed by atoms with Crippen LogP contribution in [-0.2, 0) is 47.7 Å². The van der Waals surface area contributed by atoms with Crippen LogP contribution >= 0.6 is 0 Å². The van der Waals surface area contributed by atoms with Gasteiger partial charge in [0.05, 0.1) is 13.2 Å². The molecule has 47 heavy (non-hydrogen) atoms. The van der Waals surface area contributed by atoms with Crippen LogP contribution in [0.3, 0.4) is 0 Å². The van der Waals surface area contributed by atoms with Crippen LogP contribution in [0.4, 0.5) is 0 Å². The van der Waals surface area contributed by atoms with Gasteiger partial charge in [0.25, 0.3) is 0 Å². The molecule has 0 aromatic carbocycles. The number of amides is 2. The molecular weight excluding hydrogens is 606 g/mol. The van der Waals surface area contributed by atoms with E-state index in [1.165, 1.54) is 4.90 Å². The van der Waals surface area contributed by atoms with E-state index >= 15 is 0 Å². The fourth-order valence-corrected chi connectivity index (χ4v) is 4.66. The first-order chi connectivity index (χ1) is 22.6. The lowest BCUT2D eigenvalue weighted by Crippen LogP contribution is -2.37. The molecule has 0 bridgehead atoms. The average Bonchev–Trinajstić information content (AvgIpc) is 3.04. The van der Waals surface area contributed by atoms with Crippen molar-refractivity contribution in [2.75, 3.05) is 33.0 Å². The standard InChI is InChI=1S/C36H59NO10/c1-5-33(40)45-27-21-15-8-7-10-16-22-31(38)37(32(39)23-17-11-9-12-18-24-34(41)44-6-2)26-20-14-13-19-25-35(42)46-28-29-47-36(43)30(3)4/h5H,1,3,6-29H2,2,4H3. The Morgan fingerprint density at radius 1 is 0.553 bits per heavy atom. The summed E-state index contributed by atoms with van der Waals surface area (Å²) in [5, 5.41) is 0. The lowest BCUT2D eigenvalue weighted by Gasteiger charge is -2.21. The number of ether oxygens (including phenoxy) is 4. The van der Waals surface area contributed by atoms with Gasteiger partial charge in [-0.2, -0.15) is 0 Å². The third-order valence-electron chi connectivity index (χ3n) is 7.32. The van der Waals surface area contributed by atoms with E-state index in [9.17, 15) is 28.8 Å².